The first-order valence-electron chi connectivity index (χ1n) is 11.3. The van der Waals surface area contributed by atoms with Gasteiger partial charge in [0.05, 0.1) is 12.2 Å². The number of halogens is 3. The molecule has 1 N–H and O–H groups in total. The SMILES string of the molecule is C=C(O)C(C)(C)Oc1ccc(COC(CCCC)c2nnc(-c3ccc(C(F)(F)F)cc3)o2)cc1. The number of benzene rings is 2. The summed E-state index contributed by atoms with van der Waals surface area (Å²) in [6.07, 6.45) is -2.41. The Balaban J connectivity index is 1.68. The number of hydrogen-bond acceptors (Lipinski definition) is 6. The Morgan fingerprint density at radius 2 is 1.71 bits per heavy atom. The second-order valence-corrected chi connectivity index (χ2v) is 8.67. The zero-order valence-corrected chi connectivity index (χ0v) is 19.9. The summed E-state index contributed by atoms with van der Waals surface area (Å²) in [5.74, 6) is 0.915. The fraction of sp³-hybridized carbons (Fsp3) is 0.385. The summed E-state index contributed by atoms with van der Waals surface area (Å²) in [5.41, 5.74) is -0.366. The zero-order valence-electron chi connectivity index (χ0n) is 19.9. The van der Waals surface area contributed by atoms with Gasteiger partial charge in [-0.3, -0.25) is 0 Å². The van der Waals surface area contributed by atoms with Crippen molar-refractivity contribution >= 4 is 0 Å². The topological polar surface area (TPSA) is 77.6 Å². The van der Waals surface area contributed by atoms with E-state index in [1.165, 1.54) is 12.1 Å². The van der Waals surface area contributed by atoms with Gasteiger partial charge in [0.1, 0.15) is 17.6 Å². The van der Waals surface area contributed by atoms with E-state index in [9.17, 15) is 18.3 Å². The highest BCUT2D eigenvalue weighted by molar-refractivity contribution is 5.53. The van der Waals surface area contributed by atoms with Gasteiger partial charge in [0.2, 0.25) is 11.8 Å². The maximum Gasteiger partial charge on any atom is 0.416 e. The minimum absolute atomic E-state index is 0.0705. The van der Waals surface area contributed by atoms with Crippen LogP contribution in [0.4, 0.5) is 13.2 Å². The van der Waals surface area contributed by atoms with Crippen molar-refractivity contribution in [3.8, 4) is 17.2 Å². The van der Waals surface area contributed by atoms with Gasteiger partial charge in [-0.25, -0.2) is 0 Å². The van der Waals surface area contributed by atoms with E-state index in [1.807, 2.05) is 12.1 Å². The number of aromatic nitrogens is 2. The summed E-state index contributed by atoms with van der Waals surface area (Å²) in [4.78, 5) is 0. The lowest BCUT2D eigenvalue weighted by Gasteiger charge is -2.25. The second-order valence-electron chi connectivity index (χ2n) is 8.67. The van der Waals surface area contributed by atoms with Gasteiger partial charge in [-0.05, 0) is 62.2 Å². The van der Waals surface area contributed by atoms with E-state index in [2.05, 4.69) is 23.7 Å². The quantitative estimate of drug-likeness (QED) is 0.282. The van der Waals surface area contributed by atoms with Gasteiger partial charge in [-0.1, -0.05) is 38.5 Å². The van der Waals surface area contributed by atoms with Gasteiger partial charge in [0.15, 0.2) is 5.60 Å². The average molecular weight is 491 g/mol. The predicted molar refractivity (Wildman–Crippen MR) is 125 cm³/mol. The first-order chi connectivity index (χ1) is 16.5. The van der Waals surface area contributed by atoms with Crippen molar-refractivity contribution in [1.82, 2.24) is 10.2 Å². The van der Waals surface area contributed by atoms with Crippen molar-refractivity contribution in [3.63, 3.8) is 0 Å². The molecule has 1 atom stereocenters. The third-order valence-corrected chi connectivity index (χ3v) is 5.44. The first kappa shape index (κ1) is 26.3. The summed E-state index contributed by atoms with van der Waals surface area (Å²) >= 11 is 0. The lowest BCUT2D eigenvalue weighted by atomic mass is 10.1. The molecule has 0 bridgehead atoms. The minimum Gasteiger partial charge on any atom is -0.509 e. The molecular formula is C26H29F3N2O4. The molecule has 0 radical (unpaired) electrons. The largest absolute Gasteiger partial charge is 0.509 e. The molecule has 0 amide bonds. The molecule has 1 unspecified atom stereocenters. The Labute approximate surface area is 202 Å². The van der Waals surface area contributed by atoms with E-state index >= 15 is 0 Å². The molecule has 1 heterocycles. The summed E-state index contributed by atoms with van der Waals surface area (Å²) in [5, 5.41) is 17.7. The van der Waals surface area contributed by atoms with E-state index in [4.69, 9.17) is 13.9 Å². The minimum atomic E-state index is -4.41. The molecule has 6 nitrogen and oxygen atoms in total. The van der Waals surface area contributed by atoms with Crippen LogP contribution in [-0.2, 0) is 17.5 Å². The van der Waals surface area contributed by atoms with E-state index < -0.39 is 23.4 Å². The van der Waals surface area contributed by atoms with E-state index in [1.54, 1.807) is 26.0 Å². The van der Waals surface area contributed by atoms with Gasteiger partial charge >= 0.3 is 6.18 Å². The van der Waals surface area contributed by atoms with Crippen LogP contribution in [0.15, 0.2) is 65.3 Å². The van der Waals surface area contributed by atoms with E-state index in [0.29, 0.717) is 17.7 Å². The molecule has 3 rings (SSSR count). The van der Waals surface area contributed by atoms with Gasteiger partial charge in [-0.15, -0.1) is 10.2 Å². The number of rotatable bonds is 11. The van der Waals surface area contributed by atoms with Crippen LogP contribution in [0.2, 0.25) is 0 Å². The van der Waals surface area contributed by atoms with Crippen LogP contribution in [0.25, 0.3) is 11.5 Å². The highest BCUT2D eigenvalue weighted by Gasteiger charge is 2.30. The van der Waals surface area contributed by atoms with Crippen LogP contribution in [0.5, 0.6) is 5.75 Å². The van der Waals surface area contributed by atoms with E-state index in [-0.39, 0.29) is 24.1 Å². The highest BCUT2D eigenvalue weighted by atomic mass is 19.4. The van der Waals surface area contributed by atoms with Gasteiger partial charge in [0.25, 0.3) is 0 Å². The molecule has 0 aliphatic heterocycles. The summed E-state index contributed by atoms with van der Waals surface area (Å²) in [6.45, 7) is 9.29. The van der Waals surface area contributed by atoms with Crippen LogP contribution in [0.1, 0.15) is 63.2 Å². The standard InChI is InChI=1S/C26H29F3N2O4/c1-5-6-7-22(33-16-18-8-14-21(15-9-18)35-25(3,4)17(2)32)24-31-30-23(34-24)19-10-12-20(13-11-19)26(27,28)29/h8-15,22,32H,2,5-7,16H2,1,3-4H3. The number of unbranched alkanes of at least 4 members (excludes halogenated alkanes) is 1. The van der Waals surface area contributed by atoms with Crippen LogP contribution in [0.3, 0.4) is 0 Å². The smallest absolute Gasteiger partial charge is 0.416 e. The monoisotopic (exact) mass is 490 g/mol. The maximum absolute atomic E-state index is 12.8. The molecule has 0 spiro atoms. The van der Waals surface area contributed by atoms with Crippen molar-refractivity contribution in [2.75, 3.05) is 0 Å². The second kappa shape index (κ2) is 10.9. The van der Waals surface area contributed by atoms with Crippen molar-refractivity contribution in [1.29, 1.82) is 0 Å². The molecule has 0 saturated heterocycles. The number of ether oxygens (including phenoxy) is 2. The lowest BCUT2D eigenvalue weighted by molar-refractivity contribution is -0.137. The fourth-order valence-corrected chi connectivity index (χ4v) is 3.15. The first-order valence-corrected chi connectivity index (χ1v) is 11.3. The van der Waals surface area contributed by atoms with Crippen molar-refractivity contribution < 1.29 is 32.2 Å². The normalized spacial score (nSPS) is 13.0. The molecule has 0 aliphatic rings. The van der Waals surface area contributed by atoms with Crippen LogP contribution < -0.4 is 4.74 Å². The average Bonchev–Trinajstić information content (AvgIpc) is 3.29. The Hall–Kier alpha value is -3.33. The third kappa shape index (κ3) is 7.08. The molecule has 0 fully saturated rings. The Morgan fingerprint density at radius 3 is 2.29 bits per heavy atom. The summed E-state index contributed by atoms with van der Waals surface area (Å²) in [6, 6.07) is 11.8. The fourth-order valence-electron chi connectivity index (χ4n) is 3.15. The Bertz CT molecular complexity index is 1110. The number of aliphatic hydroxyl groups excluding tert-OH is 1. The van der Waals surface area contributed by atoms with Gasteiger partial charge in [0, 0.05) is 5.56 Å². The van der Waals surface area contributed by atoms with Crippen LogP contribution in [-0.4, -0.2) is 20.9 Å². The van der Waals surface area contributed by atoms with Crippen LogP contribution >= 0.6 is 0 Å². The number of hydrogen-bond donors (Lipinski definition) is 1. The van der Waals surface area contributed by atoms with Crippen LogP contribution in [0, 0.1) is 0 Å². The molecule has 3 aromatic rings. The molecule has 9 heteroatoms. The molecule has 2 aromatic carbocycles. The molecular weight excluding hydrogens is 461 g/mol. The summed E-state index contributed by atoms with van der Waals surface area (Å²) in [7, 11) is 0. The predicted octanol–water partition coefficient (Wildman–Crippen LogP) is 7.43. The maximum atomic E-state index is 12.8. The molecule has 188 valence electrons. The number of nitrogens with zero attached hydrogens (tertiary/aromatic N) is 2. The molecule has 0 aliphatic carbocycles. The third-order valence-electron chi connectivity index (χ3n) is 5.44. The van der Waals surface area contributed by atoms with Gasteiger partial charge < -0.3 is 19.0 Å². The molecule has 1 aromatic heterocycles. The zero-order chi connectivity index (χ0) is 25.6. The Morgan fingerprint density at radius 1 is 1.06 bits per heavy atom. The summed E-state index contributed by atoms with van der Waals surface area (Å²) < 4.78 is 56.0. The molecule has 35 heavy (non-hydrogen) atoms. The van der Waals surface area contributed by atoms with Crippen molar-refractivity contribution in [3.05, 3.63) is 77.9 Å². The Kier molecular flexibility index (Phi) is 8.22. The van der Waals surface area contributed by atoms with Crippen molar-refractivity contribution in [2.24, 2.45) is 0 Å². The van der Waals surface area contributed by atoms with Gasteiger partial charge in [-0.2, -0.15) is 13.2 Å². The number of aliphatic hydroxyl groups is 1. The van der Waals surface area contributed by atoms with Crippen molar-refractivity contribution in [2.45, 2.75) is 64.5 Å². The highest BCUT2D eigenvalue weighted by Crippen LogP contribution is 2.32. The molecule has 0 saturated carbocycles. The number of alkyl halides is 3. The lowest BCUT2D eigenvalue weighted by Crippen LogP contribution is -2.30. The van der Waals surface area contributed by atoms with E-state index in [0.717, 1.165) is 30.5 Å².